The summed E-state index contributed by atoms with van der Waals surface area (Å²) in [5, 5.41) is 6.27. The van der Waals surface area contributed by atoms with Crippen LogP contribution in [-0.2, 0) is 0 Å². The monoisotopic (exact) mass is 465 g/mol. The number of oxazole rings is 1. The van der Waals surface area contributed by atoms with Crippen molar-refractivity contribution in [3.05, 3.63) is 96.6 Å². The molecule has 1 amide bonds. The lowest BCUT2D eigenvalue weighted by Gasteiger charge is -2.08. The Bertz CT molecular complexity index is 1470. The van der Waals surface area contributed by atoms with Gasteiger partial charge in [0.25, 0.3) is 5.91 Å². The number of ether oxygens (including phenoxy) is 2. The first-order chi connectivity index (χ1) is 17.1. The normalized spacial score (nSPS) is 10.7. The number of nitrogens with zero attached hydrogens (tertiary/aromatic N) is 1. The minimum Gasteiger partial charge on any atom is -0.497 e. The van der Waals surface area contributed by atoms with E-state index in [-0.39, 0.29) is 5.91 Å². The number of hydrogen-bond donors (Lipinski definition) is 2. The summed E-state index contributed by atoms with van der Waals surface area (Å²) in [5.41, 5.74) is 5.14. The van der Waals surface area contributed by atoms with Crippen molar-refractivity contribution in [3.8, 4) is 23.0 Å². The molecule has 1 heterocycles. The summed E-state index contributed by atoms with van der Waals surface area (Å²) in [5.74, 6) is 1.78. The van der Waals surface area contributed by atoms with Gasteiger partial charge in [-0.2, -0.15) is 0 Å². The molecule has 5 rings (SSSR count). The average molecular weight is 466 g/mol. The molecule has 0 aliphatic heterocycles. The van der Waals surface area contributed by atoms with Gasteiger partial charge in [0.2, 0.25) is 5.89 Å². The maximum atomic E-state index is 12.6. The number of anilines is 3. The Labute approximate surface area is 202 Å². The van der Waals surface area contributed by atoms with E-state index in [0.717, 1.165) is 22.7 Å². The van der Waals surface area contributed by atoms with Gasteiger partial charge in [0.05, 0.1) is 14.2 Å². The molecule has 35 heavy (non-hydrogen) atoms. The van der Waals surface area contributed by atoms with Gasteiger partial charge < -0.3 is 24.5 Å². The third-order valence-electron chi connectivity index (χ3n) is 5.49. The zero-order valence-corrected chi connectivity index (χ0v) is 19.2. The number of aromatic nitrogens is 1. The Balaban J connectivity index is 1.34. The summed E-state index contributed by atoms with van der Waals surface area (Å²) in [4.78, 5) is 17.2. The predicted octanol–water partition coefficient (Wildman–Crippen LogP) is 6.51. The van der Waals surface area contributed by atoms with Crippen molar-refractivity contribution in [3.63, 3.8) is 0 Å². The van der Waals surface area contributed by atoms with Gasteiger partial charge in [-0.25, -0.2) is 4.98 Å². The molecule has 174 valence electrons. The van der Waals surface area contributed by atoms with Gasteiger partial charge >= 0.3 is 0 Å². The molecule has 7 heteroatoms. The van der Waals surface area contributed by atoms with Crippen molar-refractivity contribution in [2.75, 3.05) is 24.9 Å². The van der Waals surface area contributed by atoms with Gasteiger partial charge in [0, 0.05) is 28.2 Å². The van der Waals surface area contributed by atoms with E-state index in [1.54, 1.807) is 56.7 Å². The summed E-state index contributed by atoms with van der Waals surface area (Å²) in [6.07, 6.45) is 0. The summed E-state index contributed by atoms with van der Waals surface area (Å²) in [7, 11) is 3.23. The van der Waals surface area contributed by atoms with Crippen LogP contribution < -0.4 is 20.1 Å². The van der Waals surface area contributed by atoms with E-state index in [1.165, 1.54) is 0 Å². The van der Waals surface area contributed by atoms with Crippen LogP contribution in [0.15, 0.2) is 95.4 Å². The second kappa shape index (κ2) is 9.61. The van der Waals surface area contributed by atoms with E-state index < -0.39 is 0 Å². The van der Waals surface area contributed by atoms with Gasteiger partial charge in [-0.1, -0.05) is 6.07 Å². The van der Waals surface area contributed by atoms with Crippen LogP contribution in [0.2, 0.25) is 0 Å². The zero-order chi connectivity index (χ0) is 24.2. The molecule has 0 saturated carbocycles. The number of methoxy groups -OCH3 is 2. The Morgan fingerprint density at radius 3 is 2.17 bits per heavy atom. The zero-order valence-electron chi connectivity index (χ0n) is 19.2. The molecule has 0 fully saturated rings. The predicted molar refractivity (Wildman–Crippen MR) is 137 cm³/mol. The number of benzene rings is 4. The first-order valence-corrected chi connectivity index (χ1v) is 11.0. The molecule has 0 aliphatic rings. The third-order valence-corrected chi connectivity index (χ3v) is 5.49. The van der Waals surface area contributed by atoms with Crippen LogP contribution in [0.4, 0.5) is 17.1 Å². The lowest BCUT2D eigenvalue weighted by molar-refractivity contribution is 0.102. The second-order valence-electron chi connectivity index (χ2n) is 7.82. The van der Waals surface area contributed by atoms with Crippen molar-refractivity contribution in [2.45, 2.75) is 0 Å². The number of amides is 1. The first kappa shape index (κ1) is 22.0. The average Bonchev–Trinajstić information content (AvgIpc) is 3.33. The highest BCUT2D eigenvalue weighted by molar-refractivity contribution is 6.05. The molecule has 1 aromatic heterocycles. The van der Waals surface area contributed by atoms with Gasteiger partial charge in [0.1, 0.15) is 17.0 Å². The van der Waals surface area contributed by atoms with E-state index in [1.807, 2.05) is 48.5 Å². The van der Waals surface area contributed by atoms with Crippen LogP contribution in [-0.4, -0.2) is 25.1 Å². The second-order valence-corrected chi connectivity index (χ2v) is 7.82. The summed E-state index contributed by atoms with van der Waals surface area (Å²) >= 11 is 0. The summed E-state index contributed by atoms with van der Waals surface area (Å²) < 4.78 is 16.3. The standard InChI is InChI=1S/C28H23N3O4/c1-33-23-11-6-18(7-12-23)27(32)30-22-10-15-26-25(17-22)31-28(35-26)19-4-3-5-21(16-19)29-20-8-13-24(34-2)14-9-20/h3-17,29H,1-2H3,(H,30,32). The number of carbonyl (C=O) groups is 1. The number of nitrogens with one attached hydrogen (secondary N) is 2. The van der Waals surface area contributed by atoms with Gasteiger partial charge in [-0.05, 0) is 84.9 Å². The molecular formula is C28H23N3O4. The largest absolute Gasteiger partial charge is 0.497 e. The topological polar surface area (TPSA) is 85.6 Å². The molecule has 0 unspecified atom stereocenters. The van der Waals surface area contributed by atoms with Crippen LogP contribution in [0.5, 0.6) is 11.5 Å². The highest BCUT2D eigenvalue weighted by atomic mass is 16.5. The minimum atomic E-state index is -0.215. The van der Waals surface area contributed by atoms with Crippen molar-refractivity contribution in [1.29, 1.82) is 0 Å². The maximum Gasteiger partial charge on any atom is 0.255 e. The van der Waals surface area contributed by atoms with Crippen molar-refractivity contribution < 1.29 is 18.7 Å². The fraction of sp³-hybridized carbons (Fsp3) is 0.0714. The summed E-state index contributed by atoms with van der Waals surface area (Å²) in [6, 6.07) is 27.9. The molecule has 0 spiro atoms. The Morgan fingerprint density at radius 1 is 0.771 bits per heavy atom. The third kappa shape index (κ3) is 4.94. The smallest absolute Gasteiger partial charge is 0.255 e. The molecule has 0 atom stereocenters. The van der Waals surface area contributed by atoms with Crippen molar-refractivity contribution >= 4 is 34.1 Å². The van der Waals surface area contributed by atoms with Gasteiger partial charge in [-0.15, -0.1) is 0 Å². The lowest BCUT2D eigenvalue weighted by Crippen LogP contribution is -2.11. The fourth-order valence-electron chi connectivity index (χ4n) is 3.65. The van der Waals surface area contributed by atoms with E-state index in [9.17, 15) is 4.79 Å². The van der Waals surface area contributed by atoms with E-state index in [2.05, 4.69) is 15.6 Å². The highest BCUT2D eigenvalue weighted by Gasteiger charge is 2.12. The number of carbonyl (C=O) groups excluding carboxylic acids is 1. The molecule has 2 N–H and O–H groups in total. The van der Waals surface area contributed by atoms with Crippen LogP contribution in [0.1, 0.15) is 10.4 Å². The van der Waals surface area contributed by atoms with Crippen LogP contribution in [0.25, 0.3) is 22.6 Å². The van der Waals surface area contributed by atoms with Crippen molar-refractivity contribution in [2.24, 2.45) is 0 Å². The molecule has 0 aliphatic carbocycles. The molecule has 0 radical (unpaired) electrons. The highest BCUT2D eigenvalue weighted by Crippen LogP contribution is 2.29. The summed E-state index contributed by atoms with van der Waals surface area (Å²) in [6.45, 7) is 0. The van der Waals surface area contributed by atoms with Gasteiger partial charge in [0.15, 0.2) is 5.58 Å². The van der Waals surface area contributed by atoms with E-state index in [4.69, 9.17) is 13.9 Å². The van der Waals surface area contributed by atoms with Crippen LogP contribution >= 0.6 is 0 Å². The molecular weight excluding hydrogens is 442 g/mol. The first-order valence-electron chi connectivity index (χ1n) is 11.0. The number of fused-ring (bicyclic) bond motifs is 1. The van der Waals surface area contributed by atoms with Gasteiger partial charge in [-0.3, -0.25) is 4.79 Å². The van der Waals surface area contributed by atoms with Crippen LogP contribution in [0.3, 0.4) is 0 Å². The van der Waals surface area contributed by atoms with Crippen molar-refractivity contribution in [1.82, 2.24) is 4.98 Å². The molecule has 4 aromatic carbocycles. The SMILES string of the molecule is COc1ccc(Nc2cccc(-c3nc4cc(NC(=O)c5ccc(OC)cc5)ccc4o3)c2)cc1. The molecule has 0 saturated heterocycles. The molecule has 5 aromatic rings. The fourth-order valence-corrected chi connectivity index (χ4v) is 3.65. The number of hydrogen-bond acceptors (Lipinski definition) is 6. The van der Waals surface area contributed by atoms with Crippen LogP contribution in [0, 0.1) is 0 Å². The Hall–Kier alpha value is -4.78. The lowest BCUT2D eigenvalue weighted by atomic mass is 10.2. The molecule has 7 nitrogen and oxygen atoms in total. The van der Waals surface area contributed by atoms with E-state index >= 15 is 0 Å². The number of rotatable bonds is 7. The quantitative estimate of drug-likeness (QED) is 0.285. The maximum absolute atomic E-state index is 12.6. The Morgan fingerprint density at radius 2 is 1.46 bits per heavy atom. The molecule has 0 bridgehead atoms. The Kier molecular flexibility index (Phi) is 6.05. The van der Waals surface area contributed by atoms with E-state index in [0.29, 0.717) is 34.0 Å². The minimum absolute atomic E-state index is 0.215.